The molecule has 0 aliphatic carbocycles. The SMILES string of the molecule is O=C(NC(=O)c1c(Cl)cccc1Cl)Nc1ccc(-c2ccc(C(F)(F)F)cc2)cn1. The first-order chi connectivity index (χ1) is 14.1. The Morgan fingerprint density at radius 2 is 1.47 bits per heavy atom. The summed E-state index contributed by atoms with van der Waals surface area (Å²) in [5.41, 5.74) is 0.280. The summed E-state index contributed by atoms with van der Waals surface area (Å²) in [4.78, 5) is 28.2. The van der Waals surface area contributed by atoms with Crippen molar-refractivity contribution in [3.8, 4) is 11.1 Å². The fraction of sp³-hybridized carbons (Fsp3) is 0.0500. The summed E-state index contributed by atoms with van der Waals surface area (Å²) in [7, 11) is 0. The standard InChI is InChI=1S/C20H12Cl2F3N3O2/c21-14-2-1-3-15(22)17(14)18(29)28-19(30)27-16-9-6-12(10-26-16)11-4-7-13(8-5-11)20(23,24)25/h1-10H,(H2,26,27,28,29,30). The van der Waals surface area contributed by atoms with Gasteiger partial charge < -0.3 is 0 Å². The molecule has 5 nitrogen and oxygen atoms in total. The van der Waals surface area contributed by atoms with Crippen molar-refractivity contribution in [1.82, 2.24) is 10.3 Å². The Morgan fingerprint density at radius 1 is 0.867 bits per heavy atom. The first-order valence-corrected chi connectivity index (χ1v) is 9.11. The number of urea groups is 1. The molecule has 154 valence electrons. The maximum Gasteiger partial charge on any atom is 0.416 e. The van der Waals surface area contributed by atoms with Crippen LogP contribution in [0.4, 0.5) is 23.8 Å². The van der Waals surface area contributed by atoms with Gasteiger partial charge in [-0.25, -0.2) is 9.78 Å². The van der Waals surface area contributed by atoms with Gasteiger partial charge in [0.15, 0.2) is 0 Å². The zero-order valence-corrected chi connectivity index (χ0v) is 16.4. The summed E-state index contributed by atoms with van der Waals surface area (Å²) >= 11 is 11.9. The maximum absolute atomic E-state index is 12.6. The molecule has 0 aliphatic rings. The Labute approximate surface area is 178 Å². The number of amides is 3. The maximum atomic E-state index is 12.6. The molecule has 0 unspecified atom stereocenters. The predicted molar refractivity (Wildman–Crippen MR) is 108 cm³/mol. The Morgan fingerprint density at radius 3 is 2.00 bits per heavy atom. The Balaban J connectivity index is 1.65. The van der Waals surface area contributed by atoms with Crippen molar-refractivity contribution in [1.29, 1.82) is 0 Å². The summed E-state index contributed by atoms with van der Waals surface area (Å²) in [6.07, 6.45) is -3.03. The van der Waals surface area contributed by atoms with Crippen LogP contribution in [-0.4, -0.2) is 16.9 Å². The molecule has 0 atom stereocenters. The Bertz CT molecular complexity index is 1070. The van der Waals surface area contributed by atoms with Gasteiger partial charge in [-0.3, -0.25) is 15.4 Å². The van der Waals surface area contributed by atoms with Crippen LogP contribution in [0.5, 0.6) is 0 Å². The third-order valence-electron chi connectivity index (χ3n) is 3.97. The van der Waals surface area contributed by atoms with Gasteiger partial charge in [0.05, 0.1) is 21.2 Å². The van der Waals surface area contributed by atoms with Gasteiger partial charge in [0.25, 0.3) is 5.91 Å². The van der Waals surface area contributed by atoms with E-state index in [2.05, 4.69) is 15.6 Å². The average molecular weight is 454 g/mol. The minimum atomic E-state index is -4.41. The molecule has 0 fully saturated rings. The van der Waals surface area contributed by atoms with Crippen LogP contribution in [-0.2, 0) is 6.18 Å². The molecule has 2 N–H and O–H groups in total. The van der Waals surface area contributed by atoms with E-state index in [9.17, 15) is 22.8 Å². The highest BCUT2D eigenvalue weighted by molar-refractivity contribution is 6.40. The molecule has 3 amide bonds. The first-order valence-electron chi connectivity index (χ1n) is 8.35. The van der Waals surface area contributed by atoms with E-state index in [1.54, 1.807) is 12.1 Å². The number of carbonyl (C=O) groups excluding carboxylic acids is 2. The van der Waals surface area contributed by atoms with E-state index in [-0.39, 0.29) is 21.4 Å². The number of carbonyl (C=O) groups is 2. The fourth-order valence-corrected chi connectivity index (χ4v) is 3.09. The Kier molecular flexibility index (Phi) is 6.28. The third kappa shape index (κ3) is 5.08. The number of anilines is 1. The van der Waals surface area contributed by atoms with Crippen LogP contribution < -0.4 is 10.6 Å². The highest BCUT2D eigenvalue weighted by Crippen LogP contribution is 2.31. The molecular weight excluding hydrogens is 442 g/mol. The van der Waals surface area contributed by atoms with Gasteiger partial charge in [0.2, 0.25) is 0 Å². The smallest absolute Gasteiger partial charge is 0.292 e. The van der Waals surface area contributed by atoms with Crippen LogP contribution in [0.15, 0.2) is 60.8 Å². The second-order valence-corrected chi connectivity index (χ2v) is 6.83. The second kappa shape index (κ2) is 8.73. The van der Waals surface area contributed by atoms with Crippen LogP contribution in [0.25, 0.3) is 11.1 Å². The number of imide groups is 1. The molecule has 0 saturated heterocycles. The second-order valence-electron chi connectivity index (χ2n) is 6.01. The molecule has 0 saturated carbocycles. The average Bonchev–Trinajstić information content (AvgIpc) is 2.68. The van der Waals surface area contributed by atoms with Gasteiger partial charge in [0, 0.05) is 11.8 Å². The van der Waals surface area contributed by atoms with E-state index in [4.69, 9.17) is 23.2 Å². The molecule has 2 aromatic carbocycles. The van der Waals surface area contributed by atoms with Gasteiger partial charge >= 0.3 is 12.2 Å². The van der Waals surface area contributed by atoms with Gasteiger partial charge in [-0.05, 0) is 42.0 Å². The van der Waals surface area contributed by atoms with Crippen molar-refractivity contribution >= 4 is 41.0 Å². The van der Waals surface area contributed by atoms with Crippen molar-refractivity contribution < 1.29 is 22.8 Å². The number of nitrogens with one attached hydrogen (secondary N) is 2. The summed E-state index contributed by atoms with van der Waals surface area (Å²) in [6, 6.07) is 11.2. The number of aromatic nitrogens is 1. The molecule has 0 radical (unpaired) electrons. The summed E-state index contributed by atoms with van der Waals surface area (Å²) in [5.74, 6) is -0.661. The van der Waals surface area contributed by atoms with Gasteiger partial charge in [-0.15, -0.1) is 0 Å². The topological polar surface area (TPSA) is 71.1 Å². The number of alkyl halides is 3. The van der Waals surface area contributed by atoms with Crippen LogP contribution in [0.3, 0.4) is 0 Å². The van der Waals surface area contributed by atoms with Crippen molar-refractivity contribution in [3.63, 3.8) is 0 Å². The number of pyridine rings is 1. The molecule has 10 heteroatoms. The molecular formula is C20H12Cl2F3N3O2. The number of benzene rings is 2. The highest BCUT2D eigenvalue weighted by Gasteiger charge is 2.30. The lowest BCUT2D eigenvalue weighted by molar-refractivity contribution is -0.137. The summed E-state index contributed by atoms with van der Waals surface area (Å²) < 4.78 is 37.9. The lowest BCUT2D eigenvalue weighted by atomic mass is 10.1. The number of rotatable bonds is 3. The predicted octanol–water partition coefficient (Wildman–Crippen LogP) is 6.04. The van der Waals surface area contributed by atoms with E-state index in [0.717, 1.165) is 12.1 Å². The zero-order chi connectivity index (χ0) is 21.9. The van der Waals surface area contributed by atoms with Gasteiger partial charge in [-0.1, -0.05) is 41.4 Å². The van der Waals surface area contributed by atoms with Gasteiger partial charge in [0.1, 0.15) is 5.82 Å². The van der Waals surface area contributed by atoms with E-state index in [1.165, 1.54) is 36.5 Å². The number of halogens is 5. The number of hydrogen-bond donors (Lipinski definition) is 2. The van der Waals surface area contributed by atoms with Gasteiger partial charge in [-0.2, -0.15) is 13.2 Å². The van der Waals surface area contributed by atoms with Crippen molar-refractivity contribution in [3.05, 3.63) is 82.0 Å². The molecule has 0 bridgehead atoms. The molecule has 0 spiro atoms. The van der Waals surface area contributed by atoms with Crippen LogP contribution in [0.2, 0.25) is 10.0 Å². The highest BCUT2D eigenvalue weighted by atomic mass is 35.5. The molecule has 3 aromatic rings. The molecule has 1 aromatic heterocycles. The first kappa shape index (κ1) is 21.6. The van der Waals surface area contributed by atoms with Crippen LogP contribution in [0.1, 0.15) is 15.9 Å². The van der Waals surface area contributed by atoms with Crippen molar-refractivity contribution in [2.45, 2.75) is 6.18 Å². The van der Waals surface area contributed by atoms with Crippen LogP contribution >= 0.6 is 23.2 Å². The number of nitrogens with zero attached hydrogens (tertiary/aromatic N) is 1. The van der Waals surface area contributed by atoms with Crippen molar-refractivity contribution in [2.24, 2.45) is 0 Å². The molecule has 3 rings (SSSR count). The largest absolute Gasteiger partial charge is 0.416 e. The van der Waals surface area contributed by atoms with Crippen molar-refractivity contribution in [2.75, 3.05) is 5.32 Å². The molecule has 1 heterocycles. The zero-order valence-electron chi connectivity index (χ0n) is 14.9. The minimum Gasteiger partial charge on any atom is -0.292 e. The quantitative estimate of drug-likeness (QED) is 0.507. The molecule has 30 heavy (non-hydrogen) atoms. The third-order valence-corrected chi connectivity index (χ3v) is 4.60. The van der Waals surface area contributed by atoms with E-state index in [1.807, 2.05) is 0 Å². The summed E-state index contributed by atoms with van der Waals surface area (Å²) in [6.45, 7) is 0. The van der Waals surface area contributed by atoms with E-state index in [0.29, 0.717) is 11.1 Å². The summed E-state index contributed by atoms with van der Waals surface area (Å²) in [5, 5.41) is 4.64. The lowest BCUT2D eigenvalue weighted by Gasteiger charge is -2.10. The van der Waals surface area contributed by atoms with E-state index >= 15 is 0 Å². The number of hydrogen-bond acceptors (Lipinski definition) is 3. The monoisotopic (exact) mass is 453 g/mol. The minimum absolute atomic E-state index is 0.0402. The lowest BCUT2D eigenvalue weighted by Crippen LogP contribution is -2.34. The Hall–Kier alpha value is -3.10. The van der Waals surface area contributed by atoms with E-state index < -0.39 is 23.7 Å². The van der Waals surface area contributed by atoms with Crippen LogP contribution in [0, 0.1) is 0 Å². The normalized spacial score (nSPS) is 11.1. The molecule has 0 aliphatic heterocycles. The fourth-order valence-electron chi connectivity index (χ4n) is 2.52.